The molecule has 5 rings (SSSR count). The fraction of sp³-hybridized carbons (Fsp3) is 0.174. The van der Waals surface area contributed by atoms with Crippen molar-refractivity contribution in [2.45, 2.75) is 6.92 Å². The van der Waals surface area contributed by atoms with Gasteiger partial charge in [-0.25, -0.2) is 9.97 Å². The lowest BCUT2D eigenvalue weighted by molar-refractivity contribution is 0.310. The Labute approximate surface area is 190 Å². The third-order valence-electron chi connectivity index (χ3n) is 5.24. The Morgan fingerprint density at radius 2 is 2.00 bits per heavy atom. The van der Waals surface area contributed by atoms with E-state index >= 15 is 0 Å². The predicted molar refractivity (Wildman–Crippen MR) is 124 cm³/mol. The fourth-order valence-electron chi connectivity index (χ4n) is 3.70. The van der Waals surface area contributed by atoms with Crippen molar-refractivity contribution in [1.29, 1.82) is 0 Å². The number of hydrogen-bond acceptors (Lipinski definition) is 7. The summed E-state index contributed by atoms with van der Waals surface area (Å²) in [5, 5.41) is 3.68. The molecule has 32 heavy (non-hydrogen) atoms. The number of benzene rings is 2. The van der Waals surface area contributed by atoms with Gasteiger partial charge in [0.25, 0.3) is 0 Å². The first kappa shape index (κ1) is 20.1. The Kier molecular flexibility index (Phi) is 5.28. The molecule has 0 saturated heterocycles. The van der Waals surface area contributed by atoms with Crippen LogP contribution in [0.25, 0.3) is 5.69 Å². The minimum Gasteiger partial charge on any atom is -0.494 e. The van der Waals surface area contributed by atoms with Crippen LogP contribution in [0.15, 0.2) is 61.2 Å². The van der Waals surface area contributed by atoms with Crippen molar-refractivity contribution in [2.75, 3.05) is 30.5 Å². The molecule has 0 bridgehead atoms. The number of nitrogens with one attached hydrogen (secondary N) is 1. The lowest BCUT2D eigenvalue weighted by Gasteiger charge is -2.31. The first-order valence-electron chi connectivity index (χ1n) is 10.1. The van der Waals surface area contributed by atoms with Crippen LogP contribution in [0, 0.1) is 6.92 Å². The van der Waals surface area contributed by atoms with Gasteiger partial charge in [-0.3, -0.25) is 0 Å². The van der Waals surface area contributed by atoms with Gasteiger partial charge in [0.15, 0.2) is 11.6 Å². The fourth-order valence-corrected chi connectivity index (χ4v) is 3.85. The van der Waals surface area contributed by atoms with E-state index < -0.39 is 0 Å². The first-order valence-corrected chi connectivity index (χ1v) is 10.5. The quantitative estimate of drug-likeness (QED) is 0.465. The van der Waals surface area contributed by atoms with Crippen LogP contribution in [0.4, 0.5) is 23.1 Å². The molecular formula is C23H21ClN6O2. The van der Waals surface area contributed by atoms with Crippen molar-refractivity contribution >= 4 is 34.7 Å². The van der Waals surface area contributed by atoms with Gasteiger partial charge >= 0.3 is 0 Å². The third-order valence-corrected chi connectivity index (χ3v) is 5.43. The first-order chi connectivity index (χ1) is 15.6. The Bertz CT molecular complexity index is 1280. The summed E-state index contributed by atoms with van der Waals surface area (Å²) in [7, 11) is 1.62. The van der Waals surface area contributed by atoms with Gasteiger partial charge in [0, 0.05) is 23.6 Å². The number of aromatic nitrogens is 4. The molecule has 3 heterocycles. The predicted octanol–water partition coefficient (Wildman–Crippen LogP) is 4.91. The Morgan fingerprint density at radius 1 is 1.12 bits per heavy atom. The van der Waals surface area contributed by atoms with Crippen LogP contribution in [-0.2, 0) is 0 Å². The van der Waals surface area contributed by atoms with Gasteiger partial charge in [0.05, 0.1) is 25.5 Å². The number of halogens is 1. The molecule has 1 aliphatic heterocycles. The van der Waals surface area contributed by atoms with E-state index in [1.54, 1.807) is 30.4 Å². The number of methoxy groups -OCH3 is 1. The molecular weight excluding hydrogens is 428 g/mol. The van der Waals surface area contributed by atoms with Crippen LogP contribution < -0.4 is 19.7 Å². The molecule has 4 aromatic rings. The van der Waals surface area contributed by atoms with Crippen LogP contribution >= 0.6 is 11.6 Å². The van der Waals surface area contributed by atoms with Gasteiger partial charge in [0.1, 0.15) is 23.8 Å². The highest BCUT2D eigenvalue weighted by Gasteiger charge is 2.23. The number of aryl methyl sites for hydroxylation is 1. The van der Waals surface area contributed by atoms with Gasteiger partial charge in [-0.1, -0.05) is 29.8 Å². The van der Waals surface area contributed by atoms with E-state index in [0.29, 0.717) is 35.8 Å². The summed E-state index contributed by atoms with van der Waals surface area (Å²) in [6, 6.07) is 13.9. The molecule has 0 aliphatic carbocycles. The summed E-state index contributed by atoms with van der Waals surface area (Å²) in [5.74, 6) is 2.52. The van der Waals surface area contributed by atoms with E-state index in [-0.39, 0.29) is 0 Å². The second kappa shape index (κ2) is 8.39. The zero-order valence-corrected chi connectivity index (χ0v) is 18.4. The highest BCUT2D eigenvalue weighted by Crippen LogP contribution is 2.37. The molecule has 0 unspecified atom stereocenters. The molecule has 9 heteroatoms. The largest absolute Gasteiger partial charge is 0.494 e. The van der Waals surface area contributed by atoms with Crippen molar-refractivity contribution in [3.63, 3.8) is 0 Å². The number of para-hydroxylation sites is 1. The van der Waals surface area contributed by atoms with Crippen molar-refractivity contribution < 1.29 is 9.47 Å². The van der Waals surface area contributed by atoms with E-state index in [0.717, 1.165) is 22.9 Å². The summed E-state index contributed by atoms with van der Waals surface area (Å²) in [6.07, 6.45) is 5.06. The van der Waals surface area contributed by atoms with E-state index in [1.165, 1.54) is 5.56 Å². The number of fused-ring (bicyclic) bond motifs is 1. The maximum Gasteiger partial charge on any atom is 0.229 e. The van der Waals surface area contributed by atoms with Crippen LogP contribution in [-0.4, -0.2) is 39.8 Å². The molecule has 8 nitrogen and oxygen atoms in total. The normalized spacial score (nSPS) is 12.8. The van der Waals surface area contributed by atoms with E-state index in [1.807, 2.05) is 30.3 Å². The minimum atomic E-state index is 0.414. The highest BCUT2D eigenvalue weighted by atomic mass is 35.5. The molecule has 0 spiro atoms. The monoisotopic (exact) mass is 448 g/mol. The molecule has 0 saturated carbocycles. The summed E-state index contributed by atoms with van der Waals surface area (Å²) >= 11 is 5.95. The van der Waals surface area contributed by atoms with Crippen molar-refractivity contribution in [3.8, 4) is 17.2 Å². The maximum absolute atomic E-state index is 5.95. The number of hydrogen-bond donors (Lipinski definition) is 1. The maximum atomic E-state index is 5.95. The molecule has 1 N–H and O–H groups in total. The molecule has 0 amide bonds. The molecule has 1 aliphatic rings. The van der Waals surface area contributed by atoms with Crippen LogP contribution in [0.3, 0.4) is 0 Å². The average molecular weight is 449 g/mol. The Morgan fingerprint density at radius 3 is 2.78 bits per heavy atom. The standard InChI is InChI=1S/C23H21ClN6O2/c1-15-5-3-4-6-17(15)30-9-10-32-20-12-25-23(28-22(20)30)27-16-7-8-18(19(11-16)31-2)29-13-21(24)26-14-29/h3-8,11-14H,9-10H2,1-2H3,(H,25,27,28). The topological polar surface area (TPSA) is 77.3 Å². The number of rotatable bonds is 5. The van der Waals surface area contributed by atoms with Gasteiger partial charge in [0.2, 0.25) is 5.95 Å². The van der Waals surface area contributed by atoms with E-state index in [2.05, 4.69) is 39.2 Å². The van der Waals surface area contributed by atoms with E-state index in [4.69, 9.17) is 26.1 Å². The molecule has 0 fully saturated rings. The van der Waals surface area contributed by atoms with Crippen molar-refractivity contribution in [3.05, 3.63) is 71.9 Å². The average Bonchev–Trinajstić information content (AvgIpc) is 3.25. The zero-order chi connectivity index (χ0) is 22.1. The van der Waals surface area contributed by atoms with Crippen LogP contribution in [0.1, 0.15) is 5.56 Å². The van der Waals surface area contributed by atoms with Gasteiger partial charge < -0.3 is 24.3 Å². The Hall–Kier alpha value is -3.78. The third kappa shape index (κ3) is 3.80. The van der Waals surface area contributed by atoms with Gasteiger partial charge in [-0.2, -0.15) is 4.98 Å². The van der Waals surface area contributed by atoms with Crippen LogP contribution in [0.2, 0.25) is 5.15 Å². The van der Waals surface area contributed by atoms with Crippen molar-refractivity contribution in [2.24, 2.45) is 0 Å². The number of anilines is 4. The summed E-state index contributed by atoms with van der Waals surface area (Å²) in [4.78, 5) is 15.4. The lowest BCUT2D eigenvalue weighted by atomic mass is 10.1. The zero-order valence-electron chi connectivity index (χ0n) is 17.6. The van der Waals surface area contributed by atoms with E-state index in [9.17, 15) is 0 Å². The van der Waals surface area contributed by atoms with Gasteiger partial charge in [-0.15, -0.1) is 0 Å². The lowest BCUT2D eigenvalue weighted by Crippen LogP contribution is -2.30. The second-order valence-electron chi connectivity index (χ2n) is 7.28. The SMILES string of the molecule is COc1cc(Nc2ncc3c(n2)N(c2ccccc2C)CCO3)ccc1-n1cnc(Cl)c1. The number of nitrogens with zero attached hydrogens (tertiary/aromatic N) is 5. The smallest absolute Gasteiger partial charge is 0.229 e. The minimum absolute atomic E-state index is 0.414. The molecule has 162 valence electrons. The summed E-state index contributed by atoms with van der Waals surface area (Å²) in [5.41, 5.74) is 3.89. The summed E-state index contributed by atoms with van der Waals surface area (Å²) in [6.45, 7) is 3.38. The summed E-state index contributed by atoms with van der Waals surface area (Å²) < 4.78 is 13.2. The highest BCUT2D eigenvalue weighted by molar-refractivity contribution is 6.29. The molecule has 2 aromatic carbocycles. The number of imidazole rings is 1. The molecule has 0 radical (unpaired) electrons. The number of ether oxygens (including phenoxy) is 2. The van der Waals surface area contributed by atoms with Crippen molar-refractivity contribution in [1.82, 2.24) is 19.5 Å². The van der Waals surface area contributed by atoms with Crippen LogP contribution in [0.5, 0.6) is 11.5 Å². The Balaban J connectivity index is 1.46. The second-order valence-corrected chi connectivity index (χ2v) is 7.67. The van der Waals surface area contributed by atoms with Gasteiger partial charge in [-0.05, 0) is 30.7 Å². The molecule has 2 aromatic heterocycles. The molecule has 0 atom stereocenters.